The summed E-state index contributed by atoms with van der Waals surface area (Å²) in [5, 5.41) is 3.53. The first-order valence-corrected chi connectivity index (χ1v) is 7.57. The van der Waals surface area contributed by atoms with Gasteiger partial charge in [-0.2, -0.15) is 0 Å². The van der Waals surface area contributed by atoms with E-state index < -0.39 is 0 Å². The molecule has 18 heavy (non-hydrogen) atoms. The van der Waals surface area contributed by atoms with Gasteiger partial charge in [-0.05, 0) is 32.2 Å². The molecule has 0 amide bonds. The van der Waals surface area contributed by atoms with Crippen LogP contribution in [0.4, 0.5) is 0 Å². The van der Waals surface area contributed by atoms with Gasteiger partial charge in [-0.1, -0.05) is 27.2 Å². The third-order valence-electron chi connectivity index (χ3n) is 3.76. The Kier molecular flexibility index (Phi) is 6.61. The van der Waals surface area contributed by atoms with Crippen LogP contribution in [0.25, 0.3) is 0 Å². The Morgan fingerprint density at radius 1 is 1.22 bits per heavy atom. The van der Waals surface area contributed by atoms with Crippen LogP contribution in [0, 0.1) is 5.41 Å². The number of rotatable bonds is 7. The van der Waals surface area contributed by atoms with Crippen LogP contribution >= 0.6 is 0 Å². The van der Waals surface area contributed by atoms with Crippen molar-refractivity contribution in [2.24, 2.45) is 5.41 Å². The second kappa shape index (κ2) is 7.46. The van der Waals surface area contributed by atoms with Gasteiger partial charge in [-0.3, -0.25) is 4.90 Å². The van der Waals surface area contributed by atoms with Gasteiger partial charge in [0.05, 0.1) is 12.2 Å². The van der Waals surface area contributed by atoms with Gasteiger partial charge in [0.25, 0.3) is 0 Å². The zero-order chi connectivity index (χ0) is 13.6. The van der Waals surface area contributed by atoms with E-state index in [0.29, 0.717) is 17.6 Å². The van der Waals surface area contributed by atoms with E-state index in [2.05, 4.69) is 44.8 Å². The highest BCUT2D eigenvalue weighted by molar-refractivity contribution is 4.83. The molecule has 0 aliphatic carbocycles. The Labute approximate surface area is 113 Å². The van der Waals surface area contributed by atoms with Crippen LogP contribution in [0.2, 0.25) is 0 Å². The van der Waals surface area contributed by atoms with Crippen molar-refractivity contribution in [1.29, 1.82) is 0 Å². The summed E-state index contributed by atoms with van der Waals surface area (Å²) < 4.78 is 5.81. The number of nitrogens with one attached hydrogen (secondary N) is 1. The molecule has 0 aromatic carbocycles. The summed E-state index contributed by atoms with van der Waals surface area (Å²) in [6.45, 7) is 16.8. The summed E-state index contributed by atoms with van der Waals surface area (Å²) in [5.74, 6) is 0. The van der Waals surface area contributed by atoms with Crippen molar-refractivity contribution >= 4 is 0 Å². The van der Waals surface area contributed by atoms with Gasteiger partial charge in [0.1, 0.15) is 0 Å². The van der Waals surface area contributed by atoms with E-state index in [-0.39, 0.29) is 0 Å². The third kappa shape index (κ3) is 5.25. The molecule has 0 saturated carbocycles. The van der Waals surface area contributed by atoms with E-state index >= 15 is 0 Å². The standard InChI is InChI=1S/C15H32N2O/c1-6-8-15(5,11-16-7-2)12-17-9-13(3)18-14(4)10-17/h13-14,16H,6-12H2,1-5H3. The Balaban J connectivity index is 2.53. The first-order chi connectivity index (χ1) is 8.49. The Morgan fingerprint density at radius 3 is 2.33 bits per heavy atom. The smallest absolute Gasteiger partial charge is 0.0678 e. The molecule has 0 aromatic rings. The second-order valence-electron chi connectivity index (χ2n) is 6.29. The molecule has 0 radical (unpaired) electrons. The Bertz CT molecular complexity index is 225. The van der Waals surface area contributed by atoms with Crippen LogP contribution in [0.15, 0.2) is 0 Å². The molecule has 3 nitrogen and oxygen atoms in total. The quantitative estimate of drug-likeness (QED) is 0.757. The lowest BCUT2D eigenvalue weighted by atomic mass is 9.84. The molecule has 0 aromatic heterocycles. The third-order valence-corrected chi connectivity index (χ3v) is 3.76. The topological polar surface area (TPSA) is 24.5 Å². The average molecular weight is 256 g/mol. The predicted molar refractivity (Wildman–Crippen MR) is 78.0 cm³/mol. The minimum absolute atomic E-state index is 0.374. The van der Waals surface area contributed by atoms with Crippen molar-refractivity contribution in [1.82, 2.24) is 10.2 Å². The summed E-state index contributed by atoms with van der Waals surface area (Å²) in [6.07, 6.45) is 3.30. The van der Waals surface area contributed by atoms with E-state index in [1.807, 2.05) is 0 Å². The van der Waals surface area contributed by atoms with Gasteiger partial charge in [-0.25, -0.2) is 0 Å². The number of morpholine rings is 1. The molecular weight excluding hydrogens is 224 g/mol. The van der Waals surface area contributed by atoms with Crippen LogP contribution < -0.4 is 5.32 Å². The normalized spacial score (nSPS) is 29.2. The van der Waals surface area contributed by atoms with Crippen molar-refractivity contribution in [3.63, 3.8) is 0 Å². The maximum Gasteiger partial charge on any atom is 0.0678 e. The van der Waals surface area contributed by atoms with Crippen molar-refractivity contribution in [2.75, 3.05) is 32.7 Å². The molecule has 1 N–H and O–H groups in total. The van der Waals surface area contributed by atoms with E-state index in [0.717, 1.165) is 26.2 Å². The molecule has 3 atom stereocenters. The highest BCUT2D eigenvalue weighted by Crippen LogP contribution is 2.25. The molecule has 0 spiro atoms. The molecule has 1 fully saturated rings. The SMILES string of the molecule is CCCC(C)(CNCC)CN1CC(C)OC(C)C1. The van der Waals surface area contributed by atoms with E-state index in [1.165, 1.54) is 19.4 Å². The fraction of sp³-hybridized carbons (Fsp3) is 1.00. The molecule has 1 aliphatic rings. The monoisotopic (exact) mass is 256 g/mol. The maximum absolute atomic E-state index is 5.81. The fourth-order valence-electron chi connectivity index (χ4n) is 3.21. The van der Waals surface area contributed by atoms with E-state index in [1.54, 1.807) is 0 Å². The lowest BCUT2D eigenvalue weighted by molar-refractivity contribution is -0.0771. The molecule has 1 saturated heterocycles. The molecule has 0 bridgehead atoms. The summed E-state index contributed by atoms with van der Waals surface area (Å²) >= 11 is 0. The van der Waals surface area contributed by atoms with Gasteiger partial charge in [0, 0.05) is 26.2 Å². The first kappa shape index (κ1) is 15.9. The van der Waals surface area contributed by atoms with Gasteiger partial charge >= 0.3 is 0 Å². The van der Waals surface area contributed by atoms with Gasteiger partial charge in [-0.15, -0.1) is 0 Å². The van der Waals surface area contributed by atoms with Crippen LogP contribution in [0.5, 0.6) is 0 Å². The van der Waals surface area contributed by atoms with Crippen molar-refractivity contribution in [3.05, 3.63) is 0 Å². The number of hydrogen-bond acceptors (Lipinski definition) is 3. The summed E-state index contributed by atoms with van der Waals surface area (Å²) in [7, 11) is 0. The van der Waals surface area contributed by atoms with Gasteiger partial charge in [0.2, 0.25) is 0 Å². The molecule has 1 aliphatic heterocycles. The van der Waals surface area contributed by atoms with Crippen molar-refractivity contribution in [2.45, 2.75) is 59.7 Å². The van der Waals surface area contributed by atoms with Crippen LogP contribution in [-0.4, -0.2) is 49.8 Å². The maximum atomic E-state index is 5.81. The largest absolute Gasteiger partial charge is 0.373 e. The van der Waals surface area contributed by atoms with Crippen molar-refractivity contribution in [3.8, 4) is 0 Å². The minimum Gasteiger partial charge on any atom is -0.373 e. The lowest BCUT2D eigenvalue weighted by Gasteiger charge is -2.41. The molecular formula is C15H32N2O. The second-order valence-corrected chi connectivity index (χ2v) is 6.29. The lowest BCUT2D eigenvalue weighted by Crippen LogP contribution is -2.51. The zero-order valence-corrected chi connectivity index (χ0v) is 13.0. The Hall–Kier alpha value is -0.120. The summed E-state index contributed by atoms with van der Waals surface area (Å²) in [6, 6.07) is 0. The average Bonchev–Trinajstić information content (AvgIpc) is 2.25. The Morgan fingerprint density at radius 2 is 1.83 bits per heavy atom. The van der Waals surface area contributed by atoms with Gasteiger partial charge < -0.3 is 10.1 Å². The molecule has 108 valence electrons. The first-order valence-electron chi connectivity index (χ1n) is 7.57. The minimum atomic E-state index is 0.374. The van der Waals surface area contributed by atoms with Crippen LogP contribution in [0.3, 0.4) is 0 Å². The molecule has 1 heterocycles. The van der Waals surface area contributed by atoms with Crippen molar-refractivity contribution < 1.29 is 4.74 Å². The number of hydrogen-bond donors (Lipinski definition) is 1. The van der Waals surface area contributed by atoms with Gasteiger partial charge in [0.15, 0.2) is 0 Å². The molecule has 1 rings (SSSR count). The summed E-state index contributed by atoms with van der Waals surface area (Å²) in [5.41, 5.74) is 0.390. The highest BCUT2D eigenvalue weighted by Gasteiger charge is 2.30. The number of nitrogens with zero attached hydrogens (tertiary/aromatic N) is 1. The number of ether oxygens (including phenoxy) is 1. The fourth-order valence-corrected chi connectivity index (χ4v) is 3.21. The van der Waals surface area contributed by atoms with E-state index in [4.69, 9.17) is 4.74 Å². The highest BCUT2D eigenvalue weighted by atomic mass is 16.5. The zero-order valence-electron chi connectivity index (χ0n) is 13.0. The summed E-state index contributed by atoms with van der Waals surface area (Å²) in [4.78, 5) is 2.59. The molecule has 3 unspecified atom stereocenters. The van der Waals surface area contributed by atoms with E-state index in [9.17, 15) is 0 Å². The van der Waals surface area contributed by atoms with Crippen LogP contribution in [-0.2, 0) is 4.74 Å². The predicted octanol–water partition coefficient (Wildman–Crippen LogP) is 2.51. The molecule has 3 heteroatoms. The van der Waals surface area contributed by atoms with Crippen LogP contribution in [0.1, 0.15) is 47.5 Å².